The van der Waals surface area contributed by atoms with Gasteiger partial charge in [0, 0.05) is 12.8 Å². The maximum atomic E-state index is 12.3. The van der Waals surface area contributed by atoms with E-state index in [1.165, 1.54) is 135 Å². The molecule has 410 valence electrons. The quantitative estimate of drug-likeness (QED) is 0.0373. The van der Waals surface area contributed by atoms with Crippen molar-refractivity contribution in [1.82, 2.24) is 0 Å². The number of allylic oxidation sites excluding steroid dienone is 20. The van der Waals surface area contributed by atoms with Crippen molar-refractivity contribution in [2.24, 2.45) is 0 Å². The van der Waals surface area contributed by atoms with Gasteiger partial charge in [0.15, 0.2) is 6.10 Å². The third-order valence-electron chi connectivity index (χ3n) is 12.8. The van der Waals surface area contributed by atoms with Gasteiger partial charge in [-0.15, -0.1) is 0 Å². The summed E-state index contributed by atoms with van der Waals surface area (Å²) < 4.78 is 10.7. The molecule has 0 fully saturated rings. The highest BCUT2D eigenvalue weighted by molar-refractivity contribution is 5.70. The van der Waals surface area contributed by atoms with Gasteiger partial charge in [-0.1, -0.05) is 289 Å². The molecule has 1 unspecified atom stereocenters. The first kappa shape index (κ1) is 68.3. The molecule has 0 aromatic carbocycles. The summed E-state index contributed by atoms with van der Waals surface area (Å²) in [6, 6.07) is 0. The summed E-state index contributed by atoms with van der Waals surface area (Å²) in [5.41, 5.74) is 0. The largest absolute Gasteiger partial charge is 0.462 e. The second-order valence-electron chi connectivity index (χ2n) is 19.7. The first-order chi connectivity index (χ1) is 35.6. The average Bonchev–Trinajstić information content (AvgIpc) is 3.38. The number of unbranched alkanes of at least 4 members (excludes halogenated alkanes) is 26. The molecule has 0 rings (SSSR count). The molecule has 5 heteroatoms. The fraction of sp³-hybridized carbons (Fsp3) is 0.672. The van der Waals surface area contributed by atoms with Crippen molar-refractivity contribution in [3.05, 3.63) is 122 Å². The molecule has 0 saturated carbocycles. The van der Waals surface area contributed by atoms with Gasteiger partial charge in [-0.3, -0.25) is 9.59 Å². The highest BCUT2D eigenvalue weighted by Crippen LogP contribution is 2.16. The van der Waals surface area contributed by atoms with Crippen LogP contribution in [0.3, 0.4) is 0 Å². The normalized spacial score (nSPS) is 13.1. The van der Waals surface area contributed by atoms with E-state index in [2.05, 4.69) is 135 Å². The molecule has 72 heavy (non-hydrogen) atoms. The third-order valence-corrected chi connectivity index (χ3v) is 12.8. The zero-order valence-electron chi connectivity index (χ0n) is 46.9. The molecule has 0 aliphatic carbocycles. The van der Waals surface area contributed by atoms with E-state index in [0.29, 0.717) is 12.8 Å². The van der Waals surface area contributed by atoms with Gasteiger partial charge in [-0.2, -0.15) is 0 Å². The Hall–Kier alpha value is -3.70. The van der Waals surface area contributed by atoms with Gasteiger partial charge in [0.25, 0.3) is 0 Å². The number of esters is 2. The molecule has 0 saturated heterocycles. The van der Waals surface area contributed by atoms with E-state index >= 15 is 0 Å². The molecular formula is C67H112O5. The Bertz CT molecular complexity index is 1450. The Kier molecular flexibility index (Phi) is 58.4. The minimum Gasteiger partial charge on any atom is -0.462 e. The molecule has 0 aliphatic heterocycles. The van der Waals surface area contributed by atoms with E-state index in [1.54, 1.807) is 0 Å². The van der Waals surface area contributed by atoms with Crippen LogP contribution in [0.2, 0.25) is 0 Å². The number of aliphatic hydroxyl groups is 1. The molecule has 0 radical (unpaired) electrons. The summed E-state index contributed by atoms with van der Waals surface area (Å²) in [7, 11) is 0. The molecule has 0 spiro atoms. The van der Waals surface area contributed by atoms with Crippen molar-refractivity contribution in [3.8, 4) is 0 Å². The van der Waals surface area contributed by atoms with E-state index in [4.69, 9.17) is 9.47 Å². The third kappa shape index (κ3) is 58.9. The Morgan fingerprint density at radius 3 is 0.903 bits per heavy atom. The highest BCUT2D eigenvalue weighted by Gasteiger charge is 2.16. The summed E-state index contributed by atoms with van der Waals surface area (Å²) in [5, 5.41) is 9.66. The Labute approximate surface area is 445 Å². The van der Waals surface area contributed by atoms with Crippen LogP contribution in [0.5, 0.6) is 0 Å². The summed E-state index contributed by atoms with van der Waals surface area (Å²) in [5.74, 6) is -0.605. The van der Waals surface area contributed by atoms with Crippen molar-refractivity contribution in [2.75, 3.05) is 13.2 Å². The van der Waals surface area contributed by atoms with E-state index in [-0.39, 0.29) is 25.2 Å². The maximum Gasteiger partial charge on any atom is 0.306 e. The molecule has 1 N–H and O–H groups in total. The molecule has 0 amide bonds. The Morgan fingerprint density at radius 1 is 0.333 bits per heavy atom. The molecular weight excluding hydrogens is 885 g/mol. The smallest absolute Gasteiger partial charge is 0.306 e. The van der Waals surface area contributed by atoms with Crippen LogP contribution < -0.4 is 0 Å². The number of aliphatic hydroxyl groups excluding tert-OH is 1. The number of hydrogen-bond acceptors (Lipinski definition) is 5. The van der Waals surface area contributed by atoms with Crippen LogP contribution in [0.15, 0.2) is 122 Å². The first-order valence-electron chi connectivity index (χ1n) is 30.1. The van der Waals surface area contributed by atoms with E-state index in [9.17, 15) is 14.7 Å². The van der Waals surface area contributed by atoms with Crippen LogP contribution in [0.4, 0.5) is 0 Å². The number of carbonyl (C=O) groups is 2. The van der Waals surface area contributed by atoms with Gasteiger partial charge >= 0.3 is 11.9 Å². The minimum absolute atomic E-state index is 0.0752. The van der Waals surface area contributed by atoms with Crippen LogP contribution in [0.1, 0.15) is 271 Å². The maximum absolute atomic E-state index is 12.3. The van der Waals surface area contributed by atoms with Gasteiger partial charge in [0.2, 0.25) is 0 Å². The van der Waals surface area contributed by atoms with E-state index < -0.39 is 6.10 Å². The lowest BCUT2D eigenvalue weighted by Gasteiger charge is -2.15. The van der Waals surface area contributed by atoms with Crippen molar-refractivity contribution in [3.63, 3.8) is 0 Å². The minimum atomic E-state index is -0.787. The van der Waals surface area contributed by atoms with Crippen LogP contribution in [-0.4, -0.2) is 36.4 Å². The fourth-order valence-electron chi connectivity index (χ4n) is 8.29. The van der Waals surface area contributed by atoms with Gasteiger partial charge < -0.3 is 14.6 Å². The first-order valence-corrected chi connectivity index (χ1v) is 30.1. The summed E-state index contributed by atoms with van der Waals surface area (Å²) >= 11 is 0. The van der Waals surface area contributed by atoms with Crippen molar-refractivity contribution >= 4 is 11.9 Å². The zero-order chi connectivity index (χ0) is 52.0. The standard InChI is InChI=1S/C67H112O5/c1-3-5-7-9-11-13-15-17-19-21-23-25-26-27-28-29-30-31-32-33-34-35-36-37-38-39-40-42-44-46-48-50-52-54-56-58-60-62-67(70)72-65(63-68)64-71-66(69)61-59-57-55-53-51-49-47-45-43-41-24-22-20-18-16-14-12-10-8-6-4-2/h5,7,11,13,17,19,23,25,27-28,30-31,33-34,36-37,39-40,44,46,65,68H,3-4,6,8-10,12,14-16,18,20-22,24,26,29,32,35,38,41-43,45,47-64H2,1-2H3/b7-5-,13-11-,19-17-,25-23-,28-27-,31-30-,34-33-,37-36-,40-39-,46-44-. The zero-order valence-corrected chi connectivity index (χ0v) is 46.9. The van der Waals surface area contributed by atoms with Crippen molar-refractivity contribution in [1.29, 1.82) is 0 Å². The topological polar surface area (TPSA) is 72.8 Å². The number of hydrogen-bond donors (Lipinski definition) is 1. The average molecular weight is 998 g/mol. The van der Waals surface area contributed by atoms with Gasteiger partial charge in [-0.25, -0.2) is 0 Å². The predicted molar refractivity (Wildman–Crippen MR) is 315 cm³/mol. The number of rotatable bonds is 54. The van der Waals surface area contributed by atoms with Crippen LogP contribution >= 0.6 is 0 Å². The molecule has 5 nitrogen and oxygen atoms in total. The highest BCUT2D eigenvalue weighted by atomic mass is 16.6. The van der Waals surface area contributed by atoms with Gasteiger partial charge in [0.05, 0.1) is 6.61 Å². The Balaban J connectivity index is 3.60. The SMILES string of the molecule is CC/C=C\C/C=C\C/C=C\C/C=C\C/C=C\C/C=C\C/C=C\C/C=C\C/C=C\C/C=C\CCCCCCCCC(=O)OC(CO)COC(=O)CCCCCCCCCCCCCCCCCCCCCCC. The number of carbonyl (C=O) groups excluding carboxylic acids is 2. The summed E-state index contributed by atoms with van der Waals surface area (Å²) in [4.78, 5) is 24.5. The summed E-state index contributed by atoms with van der Waals surface area (Å²) in [6.07, 6.45) is 90.3. The summed E-state index contributed by atoms with van der Waals surface area (Å²) in [6.45, 7) is 4.03. The van der Waals surface area contributed by atoms with E-state index in [0.717, 1.165) is 109 Å². The van der Waals surface area contributed by atoms with E-state index in [1.807, 2.05) is 0 Å². The molecule has 0 aromatic heterocycles. The van der Waals surface area contributed by atoms with Gasteiger partial charge in [0.1, 0.15) is 6.61 Å². The molecule has 0 bridgehead atoms. The number of ether oxygens (including phenoxy) is 2. The van der Waals surface area contributed by atoms with Crippen LogP contribution in [0.25, 0.3) is 0 Å². The van der Waals surface area contributed by atoms with Crippen molar-refractivity contribution < 1.29 is 24.2 Å². The molecule has 0 heterocycles. The lowest BCUT2D eigenvalue weighted by molar-refractivity contribution is -0.161. The lowest BCUT2D eigenvalue weighted by atomic mass is 10.0. The predicted octanol–water partition coefficient (Wildman–Crippen LogP) is 20.6. The molecule has 0 aliphatic rings. The molecule has 1 atom stereocenters. The van der Waals surface area contributed by atoms with Crippen molar-refractivity contribution in [2.45, 2.75) is 277 Å². The molecule has 0 aromatic rings. The monoisotopic (exact) mass is 997 g/mol. The van der Waals surface area contributed by atoms with Crippen LogP contribution in [0, 0.1) is 0 Å². The van der Waals surface area contributed by atoms with Crippen LogP contribution in [-0.2, 0) is 19.1 Å². The Morgan fingerprint density at radius 2 is 0.597 bits per heavy atom. The second-order valence-corrected chi connectivity index (χ2v) is 19.7. The lowest BCUT2D eigenvalue weighted by Crippen LogP contribution is -2.28. The van der Waals surface area contributed by atoms with Gasteiger partial charge in [-0.05, 0) is 89.9 Å². The second kappa shape index (κ2) is 61.6. The fourth-order valence-corrected chi connectivity index (χ4v) is 8.29.